The second-order valence-electron chi connectivity index (χ2n) is 7.07. The van der Waals surface area contributed by atoms with Gasteiger partial charge in [0.15, 0.2) is 0 Å². The number of carbonyl (C=O) groups is 1. The molecule has 25 heavy (non-hydrogen) atoms. The van der Waals surface area contributed by atoms with Gasteiger partial charge in [0.05, 0.1) is 0 Å². The van der Waals surface area contributed by atoms with Crippen LogP contribution in [0.3, 0.4) is 0 Å². The van der Waals surface area contributed by atoms with Crippen molar-refractivity contribution in [3.63, 3.8) is 0 Å². The van der Waals surface area contributed by atoms with Gasteiger partial charge in [0, 0.05) is 18.4 Å². The van der Waals surface area contributed by atoms with Crippen molar-refractivity contribution >= 4 is 5.91 Å². The standard InChI is InChI=1S/C21H27N3O/c1-14-9-11-18(12-10-14)20-16(3)23-24-21(20)22-19(25)13-15(2)17-7-5-4-6-8-17/h4-12,15-16,20-21,23-24H,13H2,1-3H3,(H,22,25). The molecule has 0 saturated carbocycles. The lowest BCUT2D eigenvalue weighted by atomic mass is 9.90. The lowest BCUT2D eigenvalue weighted by Crippen LogP contribution is -2.46. The summed E-state index contributed by atoms with van der Waals surface area (Å²) in [7, 11) is 0. The summed E-state index contributed by atoms with van der Waals surface area (Å²) in [6.45, 7) is 6.31. The fourth-order valence-electron chi connectivity index (χ4n) is 3.50. The Labute approximate surface area is 150 Å². The number of aryl methyl sites for hydroxylation is 1. The zero-order valence-electron chi connectivity index (χ0n) is 15.1. The largest absolute Gasteiger partial charge is 0.339 e. The van der Waals surface area contributed by atoms with Crippen LogP contribution in [0.25, 0.3) is 0 Å². The van der Waals surface area contributed by atoms with Crippen LogP contribution < -0.4 is 16.2 Å². The molecule has 3 rings (SSSR count). The first-order valence-corrected chi connectivity index (χ1v) is 8.96. The fraction of sp³-hybridized carbons (Fsp3) is 0.381. The van der Waals surface area contributed by atoms with E-state index >= 15 is 0 Å². The number of hydrogen-bond donors (Lipinski definition) is 3. The Morgan fingerprint density at radius 1 is 1.08 bits per heavy atom. The van der Waals surface area contributed by atoms with Crippen molar-refractivity contribution in [2.75, 3.05) is 0 Å². The third-order valence-corrected chi connectivity index (χ3v) is 5.00. The van der Waals surface area contributed by atoms with E-state index in [4.69, 9.17) is 0 Å². The van der Waals surface area contributed by atoms with Crippen LogP contribution >= 0.6 is 0 Å². The number of amides is 1. The Balaban J connectivity index is 1.64. The van der Waals surface area contributed by atoms with Gasteiger partial charge in [-0.25, -0.2) is 5.43 Å². The normalized spacial score (nSPS) is 24.0. The van der Waals surface area contributed by atoms with Gasteiger partial charge in [-0.15, -0.1) is 0 Å². The molecule has 2 aromatic carbocycles. The molecule has 4 unspecified atom stereocenters. The summed E-state index contributed by atoms with van der Waals surface area (Å²) < 4.78 is 0. The highest BCUT2D eigenvalue weighted by molar-refractivity contribution is 5.77. The molecule has 1 aliphatic rings. The summed E-state index contributed by atoms with van der Waals surface area (Å²) in [6.07, 6.45) is 0.380. The molecule has 3 N–H and O–H groups in total. The highest BCUT2D eigenvalue weighted by Gasteiger charge is 2.35. The maximum atomic E-state index is 12.5. The van der Waals surface area contributed by atoms with E-state index < -0.39 is 0 Å². The minimum atomic E-state index is -0.104. The third-order valence-electron chi connectivity index (χ3n) is 5.00. The number of carbonyl (C=O) groups excluding carboxylic acids is 1. The van der Waals surface area contributed by atoms with Crippen LogP contribution in [0.15, 0.2) is 54.6 Å². The summed E-state index contributed by atoms with van der Waals surface area (Å²) >= 11 is 0. The van der Waals surface area contributed by atoms with E-state index in [1.165, 1.54) is 16.7 Å². The van der Waals surface area contributed by atoms with Crippen LogP contribution in [-0.2, 0) is 4.79 Å². The van der Waals surface area contributed by atoms with Crippen LogP contribution in [0, 0.1) is 6.92 Å². The molecular weight excluding hydrogens is 310 g/mol. The number of rotatable bonds is 5. The van der Waals surface area contributed by atoms with Crippen molar-refractivity contribution in [2.24, 2.45) is 0 Å². The van der Waals surface area contributed by atoms with E-state index in [2.05, 4.69) is 73.3 Å². The number of benzene rings is 2. The summed E-state index contributed by atoms with van der Waals surface area (Å²) in [6, 6.07) is 19.0. The first-order valence-electron chi connectivity index (χ1n) is 8.96. The zero-order chi connectivity index (χ0) is 17.8. The predicted molar refractivity (Wildman–Crippen MR) is 101 cm³/mol. The van der Waals surface area contributed by atoms with Gasteiger partial charge in [-0.05, 0) is 30.9 Å². The van der Waals surface area contributed by atoms with Crippen LogP contribution in [0.4, 0.5) is 0 Å². The second kappa shape index (κ2) is 7.81. The van der Waals surface area contributed by atoms with Gasteiger partial charge in [-0.2, -0.15) is 0 Å². The molecule has 1 heterocycles. The molecule has 132 valence electrons. The molecule has 0 radical (unpaired) electrons. The average molecular weight is 337 g/mol. The average Bonchev–Trinajstić information content (AvgIpc) is 2.96. The minimum absolute atomic E-state index is 0.0712. The Kier molecular flexibility index (Phi) is 5.51. The summed E-state index contributed by atoms with van der Waals surface area (Å²) in [4.78, 5) is 12.5. The lowest BCUT2D eigenvalue weighted by molar-refractivity contribution is -0.122. The number of nitrogens with one attached hydrogen (secondary N) is 3. The number of hydrazine groups is 1. The zero-order valence-corrected chi connectivity index (χ0v) is 15.1. The van der Waals surface area contributed by atoms with Crippen LogP contribution in [-0.4, -0.2) is 18.1 Å². The fourth-order valence-corrected chi connectivity index (χ4v) is 3.50. The Morgan fingerprint density at radius 3 is 2.44 bits per heavy atom. The van der Waals surface area contributed by atoms with Crippen LogP contribution in [0.2, 0.25) is 0 Å². The molecule has 4 heteroatoms. The van der Waals surface area contributed by atoms with Crippen molar-refractivity contribution < 1.29 is 4.79 Å². The van der Waals surface area contributed by atoms with E-state index in [1.807, 2.05) is 18.2 Å². The molecule has 4 atom stereocenters. The highest BCUT2D eigenvalue weighted by atomic mass is 16.1. The van der Waals surface area contributed by atoms with E-state index in [9.17, 15) is 4.79 Å². The Hall–Kier alpha value is -2.17. The van der Waals surface area contributed by atoms with Gasteiger partial charge >= 0.3 is 0 Å². The summed E-state index contributed by atoms with van der Waals surface area (Å²) in [5, 5.41) is 3.16. The van der Waals surface area contributed by atoms with Gasteiger partial charge in [0.1, 0.15) is 6.17 Å². The minimum Gasteiger partial charge on any atom is -0.339 e. The first kappa shape index (κ1) is 17.6. The summed E-state index contributed by atoms with van der Waals surface area (Å²) in [5.74, 6) is 0.476. The first-order chi connectivity index (χ1) is 12.0. The van der Waals surface area contributed by atoms with Gasteiger partial charge in [-0.1, -0.05) is 67.1 Å². The van der Waals surface area contributed by atoms with Crippen LogP contribution in [0.5, 0.6) is 0 Å². The van der Waals surface area contributed by atoms with Crippen molar-refractivity contribution in [3.05, 3.63) is 71.3 Å². The Morgan fingerprint density at radius 2 is 1.76 bits per heavy atom. The van der Waals surface area contributed by atoms with Crippen molar-refractivity contribution in [3.8, 4) is 0 Å². The maximum absolute atomic E-state index is 12.5. The van der Waals surface area contributed by atoms with Gasteiger partial charge in [0.2, 0.25) is 5.91 Å². The van der Waals surface area contributed by atoms with E-state index in [-0.39, 0.29) is 30.0 Å². The molecule has 1 amide bonds. The van der Waals surface area contributed by atoms with Crippen molar-refractivity contribution in [1.82, 2.24) is 16.2 Å². The maximum Gasteiger partial charge on any atom is 0.221 e. The lowest BCUT2D eigenvalue weighted by Gasteiger charge is -2.23. The van der Waals surface area contributed by atoms with E-state index in [1.54, 1.807) is 0 Å². The molecule has 2 aromatic rings. The second-order valence-corrected chi connectivity index (χ2v) is 7.07. The molecule has 1 aliphatic heterocycles. The monoisotopic (exact) mass is 337 g/mol. The molecule has 0 aliphatic carbocycles. The third kappa shape index (κ3) is 4.27. The van der Waals surface area contributed by atoms with Crippen molar-refractivity contribution in [2.45, 2.75) is 51.2 Å². The Bertz CT molecular complexity index is 699. The molecular formula is C21H27N3O. The predicted octanol–water partition coefficient (Wildman–Crippen LogP) is 3.21. The summed E-state index contributed by atoms with van der Waals surface area (Å²) in [5.41, 5.74) is 10.2. The highest BCUT2D eigenvalue weighted by Crippen LogP contribution is 2.27. The van der Waals surface area contributed by atoms with Gasteiger partial charge in [-0.3, -0.25) is 10.2 Å². The molecule has 4 nitrogen and oxygen atoms in total. The number of hydrogen-bond acceptors (Lipinski definition) is 3. The SMILES string of the molecule is Cc1ccc(C2C(C)NNC2NC(=O)CC(C)c2ccccc2)cc1. The molecule has 1 fully saturated rings. The van der Waals surface area contributed by atoms with Crippen molar-refractivity contribution in [1.29, 1.82) is 0 Å². The van der Waals surface area contributed by atoms with Gasteiger partial charge < -0.3 is 5.32 Å². The smallest absolute Gasteiger partial charge is 0.221 e. The molecule has 1 saturated heterocycles. The topological polar surface area (TPSA) is 53.2 Å². The molecule has 0 bridgehead atoms. The molecule has 0 aromatic heterocycles. The van der Waals surface area contributed by atoms with E-state index in [0.29, 0.717) is 6.42 Å². The van der Waals surface area contributed by atoms with Crippen LogP contribution in [0.1, 0.15) is 48.8 Å². The van der Waals surface area contributed by atoms with Gasteiger partial charge in [0.25, 0.3) is 0 Å². The molecule has 0 spiro atoms. The van der Waals surface area contributed by atoms with E-state index in [0.717, 1.165) is 0 Å². The quantitative estimate of drug-likeness (QED) is 0.785.